The molecule has 0 rings (SSSR count). The molecule has 1 heteroatoms. The molecular formula is C11H22S. The Kier molecular flexibility index (Phi) is 11.2. The molecule has 0 atom stereocenters. The molecule has 0 heterocycles. The van der Waals surface area contributed by atoms with Crippen molar-refractivity contribution in [3.05, 3.63) is 12.7 Å². The molecular weight excluding hydrogens is 164 g/mol. The van der Waals surface area contributed by atoms with E-state index in [0.717, 1.165) is 5.75 Å². The molecule has 0 aromatic carbocycles. The lowest BCUT2D eigenvalue weighted by molar-refractivity contribution is 0.627. The van der Waals surface area contributed by atoms with Gasteiger partial charge in [0.05, 0.1) is 0 Å². The molecule has 0 saturated carbocycles. The predicted octanol–water partition coefficient (Wildman–Crippen LogP) is 4.27. The van der Waals surface area contributed by atoms with Crippen molar-refractivity contribution in [1.82, 2.24) is 0 Å². The molecule has 0 aromatic rings. The number of hydrogen-bond donors (Lipinski definition) is 0. The Morgan fingerprint density at radius 1 is 1.08 bits per heavy atom. The Bertz CT molecular complexity index is 89.0. The molecule has 0 saturated heterocycles. The third kappa shape index (κ3) is 10.1. The third-order valence-electron chi connectivity index (χ3n) is 1.88. The van der Waals surface area contributed by atoms with Gasteiger partial charge in [0.25, 0.3) is 0 Å². The highest BCUT2D eigenvalue weighted by Crippen LogP contribution is 2.09. The second-order valence-electron chi connectivity index (χ2n) is 3.13. The van der Waals surface area contributed by atoms with E-state index in [-0.39, 0.29) is 0 Å². The Morgan fingerprint density at radius 2 is 1.75 bits per heavy atom. The van der Waals surface area contributed by atoms with Crippen LogP contribution >= 0.6 is 11.8 Å². The minimum atomic E-state index is 1.12. The standard InChI is InChI=1S/C11H22S/c1-3-5-6-7-8-9-11-12-10-4-2/h4H,2-3,5-11H2,1H3. The van der Waals surface area contributed by atoms with Gasteiger partial charge >= 0.3 is 0 Å². The topological polar surface area (TPSA) is 0 Å². The lowest BCUT2D eigenvalue weighted by Crippen LogP contribution is -1.82. The van der Waals surface area contributed by atoms with Gasteiger partial charge in [0, 0.05) is 5.75 Å². The molecule has 0 aliphatic heterocycles. The SMILES string of the molecule is C=CCSCCCCCCCC. The maximum Gasteiger partial charge on any atom is 0.0110 e. The molecule has 72 valence electrons. The summed E-state index contributed by atoms with van der Waals surface area (Å²) in [6.07, 6.45) is 10.4. The Hall–Kier alpha value is 0.0900. The van der Waals surface area contributed by atoms with E-state index >= 15 is 0 Å². The lowest BCUT2D eigenvalue weighted by atomic mass is 10.1. The minimum absolute atomic E-state index is 1.12. The molecule has 0 aliphatic carbocycles. The number of rotatable bonds is 9. The highest BCUT2D eigenvalue weighted by molar-refractivity contribution is 7.99. The number of hydrogen-bond acceptors (Lipinski definition) is 1. The van der Waals surface area contributed by atoms with Crippen LogP contribution in [-0.2, 0) is 0 Å². The summed E-state index contributed by atoms with van der Waals surface area (Å²) in [5.41, 5.74) is 0. The third-order valence-corrected chi connectivity index (χ3v) is 2.93. The normalized spacial score (nSPS) is 10.1. The second-order valence-corrected chi connectivity index (χ2v) is 4.28. The van der Waals surface area contributed by atoms with Crippen LogP contribution in [0.15, 0.2) is 12.7 Å². The van der Waals surface area contributed by atoms with E-state index in [1.807, 2.05) is 17.8 Å². The van der Waals surface area contributed by atoms with Crippen LogP contribution in [0.4, 0.5) is 0 Å². The molecule has 12 heavy (non-hydrogen) atoms. The molecule has 0 N–H and O–H groups in total. The molecule has 0 aliphatic rings. The average Bonchev–Trinajstić information content (AvgIpc) is 2.10. The van der Waals surface area contributed by atoms with Crippen molar-refractivity contribution >= 4 is 11.8 Å². The van der Waals surface area contributed by atoms with E-state index < -0.39 is 0 Å². The maximum atomic E-state index is 3.70. The van der Waals surface area contributed by atoms with Gasteiger partial charge in [0.2, 0.25) is 0 Å². The van der Waals surface area contributed by atoms with Crippen LogP contribution in [0.2, 0.25) is 0 Å². The first-order valence-corrected chi connectivity index (χ1v) is 6.26. The van der Waals surface area contributed by atoms with Crippen molar-refractivity contribution < 1.29 is 0 Å². The van der Waals surface area contributed by atoms with Crippen LogP contribution in [-0.4, -0.2) is 11.5 Å². The van der Waals surface area contributed by atoms with Crippen molar-refractivity contribution in [3.63, 3.8) is 0 Å². The fraction of sp³-hybridized carbons (Fsp3) is 0.818. The van der Waals surface area contributed by atoms with Crippen LogP contribution in [0.3, 0.4) is 0 Å². The van der Waals surface area contributed by atoms with Gasteiger partial charge in [0.1, 0.15) is 0 Å². The summed E-state index contributed by atoms with van der Waals surface area (Å²) < 4.78 is 0. The van der Waals surface area contributed by atoms with Crippen molar-refractivity contribution in [3.8, 4) is 0 Å². The van der Waals surface area contributed by atoms with Gasteiger partial charge < -0.3 is 0 Å². The Morgan fingerprint density at radius 3 is 2.42 bits per heavy atom. The largest absolute Gasteiger partial charge is 0.158 e. The predicted molar refractivity (Wildman–Crippen MR) is 60.9 cm³/mol. The summed E-state index contributed by atoms with van der Waals surface area (Å²) in [6.45, 7) is 5.96. The van der Waals surface area contributed by atoms with Crippen LogP contribution in [0.25, 0.3) is 0 Å². The van der Waals surface area contributed by atoms with E-state index in [1.165, 1.54) is 44.3 Å². The number of thioether (sulfide) groups is 1. The smallest absolute Gasteiger partial charge is 0.0110 e. The first-order chi connectivity index (χ1) is 5.91. The first kappa shape index (κ1) is 12.1. The van der Waals surface area contributed by atoms with E-state index in [4.69, 9.17) is 0 Å². The molecule has 0 spiro atoms. The summed E-state index contributed by atoms with van der Waals surface area (Å²) in [5.74, 6) is 2.44. The summed E-state index contributed by atoms with van der Waals surface area (Å²) in [7, 11) is 0. The van der Waals surface area contributed by atoms with Gasteiger partial charge in [-0.2, -0.15) is 11.8 Å². The van der Waals surface area contributed by atoms with Crippen LogP contribution < -0.4 is 0 Å². The fourth-order valence-electron chi connectivity index (χ4n) is 1.15. The fourth-order valence-corrected chi connectivity index (χ4v) is 1.89. The molecule has 0 radical (unpaired) electrons. The van der Waals surface area contributed by atoms with Gasteiger partial charge in [-0.25, -0.2) is 0 Å². The zero-order chi connectivity index (χ0) is 9.07. The minimum Gasteiger partial charge on any atom is -0.158 e. The highest BCUT2D eigenvalue weighted by atomic mass is 32.2. The molecule has 0 amide bonds. The van der Waals surface area contributed by atoms with Crippen LogP contribution in [0.1, 0.15) is 45.4 Å². The van der Waals surface area contributed by atoms with E-state index in [9.17, 15) is 0 Å². The van der Waals surface area contributed by atoms with Crippen molar-refractivity contribution in [2.45, 2.75) is 45.4 Å². The molecule has 0 unspecified atom stereocenters. The average molecular weight is 186 g/mol. The molecule has 0 nitrogen and oxygen atoms in total. The van der Waals surface area contributed by atoms with E-state index in [0.29, 0.717) is 0 Å². The van der Waals surface area contributed by atoms with Crippen molar-refractivity contribution in [1.29, 1.82) is 0 Å². The van der Waals surface area contributed by atoms with E-state index in [1.54, 1.807) is 0 Å². The summed E-state index contributed by atoms with van der Waals surface area (Å²) in [5, 5.41) is 0. The molecule has 0 bridgehead atoms. The zero-order valence-corrected chi connectivity index (χ0v) is 9.17. The van der Waals surface area contributed by atoms with Crippen molar-refractivity contribution in [2.24, 2.45) is 0 Å². The van der Waals surface area contributed by atoms with Crippen LogP contribution in [0.5, 0.6) is 0 Å². The van der Waals surface area contributed by atoms with Crippen molar-refractivity contribution in [2.75, 3.05) is 11.5 Å². The van der Waals surface area contributed by atoms with Gasteiger partial charge in [-0.05, 0) is 12.2 Å². The summed E-state index contributed by atoms with van der Waals surface area (Å²) >= 11 is 2.00. The van der Waals surface area contributed by atoms with Gasteiger partial charge in [-0.1, -0.05) is 45.1 Å². The van der Waals surface area contributed by atoms with Gasteiger partial charge in [0.15, 0.2) is 0 Å². The molecule has 0 fully saturated rings. The van der Waals surface area contributed by atoms with E-state index in [2.05, 4.69) is 13.5 Å². The Labute approximate surface area is 81.8 Å². The quantitative estimate of drug-likeness (QED) is 0.383. The lowest BCUT2D eigenvalue weighted by Gasteiger charge is -1.99. The monoisotopic (exact) mass is 186 g/mol. The first-order valence-electron chi connectivity index (χ1n) is 5.10. The van der Waals surface area contributed by atoms with Crippen LogP contribution in [0, 0.1) is 0 Å². The van der Waals surface area contributed by atoms with Gasteiger partial charge in [-0.3, -0.25) is 0 Å². The van der Waals surface area contributed by atoms with Gasteiger partial charge in [-0.15, -0.1) is 6.58 Å². The highest BCUT2D eigenvalue weighted by Gasteiger charge is 1.89. The molecule has 0 aromatic heterocycles. The maximum absolute atomic E-state index is 3.70. The summed E-state index contributed by atoms with van der Waals surface area (Å²) in [6, 6.07) is 0. The zero-order valence-electron chi connectivity index (χ0n) is 8.35. The summed E-state index contributed by atoms with van der Waals surface area (Å²) in [4.78, 5) is 0. The number of unbranched alkanes of at least 4 members (excludes halogenated alkanes) is 5. The Balaban J connectivity index is 2.77. The second kappa shape index (κ2) is 11.1.